The zero-order chi connectivity index (χ0) is 14.5. The van der Waals surface area contributed by atoms with Gasteiger partial charge in [-0.05, 0) is 12.8 Å². The Labute approximate surface area is 121 Å². The molecule has 2 atom stereocenters. The first kappa shape index (κ1) is 15.1. The number of carbonyl (C=O) groups excluding carboxylic acids is 2. The molecule has 4 heteroatoms. The van der Waals surface area contributed by atoms with Crippen LogP contribution in [-0.4, -0.2) is 23.9 Å². The Bertz CT molecular complexity index is 377. The molecule has 0 saturated carbocycles. The highest BCUT2D eigenvalue weighted by Gasteiger charge is 2.44. The van der Waals surface area contributed by atoms with Gasteiger partial charge in [-0.3, -0.25) is 9.59 Å². The number of hydrogen-bond donors (Lipinski definition) is 2. The summed E-state index contributed by atoms with van der Waals surface area (Å²) in [4.78, 5) is 24.3. The second kappa shape index (κ2) is 6.91. The van der Waals surface area contributed by atoms with Crippen LogP contribution in [-0.2, 0) is 9.59 Å². The summed E-state index contributed by atoms with van der Waals surface area (Å²) in [7, 11) is 0. The van der Waals surface area contributed by atoms with Crippen LogP contribution in [0.25, 0.3) is 0 Å². The van der Waals surface area contributed by atoms with Crippen LogP contribution in [0.15, 0.2) is 11.1 Å². The number of unbranched alkanes of at least 4 members (excludes halogenated alkanes) is 4. The average molecular weight is 278 g/mol. The Hall–Kier alpha value is -1.32. The SMILES string of the molecule is CCCCCC1NC(=O)C2=C1C(=O)NC2CCCCC. The van der Waals surface area contributed by atoms with E-state index in [1.807, 2.05) is 0 Å². The van der Waals surface area contributed by atoms with Crippen LogP contribution in [0.3, 0.4) is 0 Å². The normalized spacial score (nSPS) is 24.9. The maximum Gasteiger partial charge on any atom is 0.250 e. The fourth-order valence-electron chi connectivity index (χ4n) is 3.18. The first-order valence-corrected chi connectivity index (χ1v) is 8.04. The predicted molar refractivity (Wildman–Crippen MR) is 79.2 cm³/mol. The minimum absolute atomic E-state index is 0.0265. The van der Waals surface area contributed by atoms with Crippen molar-refractivity contribution >= 4 is 11.8 Å². The second-order valence-corrected chi connectivity index (χ2v) is 5.87. The number of nitrogens with one attached hydrogen (secondary N) is 2. The molecule has 0 aromatic carbocycles. The van der Waals surface area contributed by atoms with Gasteiger partial charge in [0.25, 0.3) is 0 Å². The Morgan fingerprint density at radius 2 is 1.15 bits per heavy atom. The molecule has 0 radical (unpaired) electrons. The summed E-state index contributed by atoms with van der Waals surface area (Å²) in [6.45, 7) is 4.31. The van der Waals surface area contributed by atoms with Gasteiger partial charge in [0.1, 0.15) is 0 Å². The van der Waals surface area contributed by atoms with Crippen LogP contribution >= 0.6 is 0 Å². The van der Waals surface area contributed by atoms with Crippen LogP contribution in [0, 0.1) is 0 Å². The largest absolute Gasteiger partial charge is 0.345 e. The summed E-state index contributed by atoms with van der Waals surface area (Å²) in [6, 6.07) is -0.111. The molecule has 112 valence electrons. The maximum absolute atomic E-state index is 12.1. The molecule has 2 N–H and O–H groups in total. The molecule has 0 spiro atoms. The average Bonchev–Trinajstić information content (AvgIpc) is 2.91. The lowest BCUT2D eigenvalue weighted by Crippen LogP contribution is -2.40. The number of carbonyl (C=O) groups is 2. The van der Waals surface area contributed by atoms with E-state index >= 15 is 0 Å². The maximum atomic E-state index is 12.1. The van der Waals surface area contributed by atoms with Gasteiger partial charge in [0, 0.05) is 11.1 Å². The summed E-state index contributed by atoms with van der Waals surface area (Å²) in [5.74, 6) is -0.0531. The highest BCUT2D eigenvalue weighted by atomic mass is 16.2. The molecule has 4 nitrogen and oxygen atoms in total. The van der Waals surface area contributed by atoms with Crippen LogP contribution < -0.4 is 10.6 Å². The highest BCUT2D eigenvalue weighted by Crippen LogP contribution is 2.30. The molecule has 2 amide bonds. The molecule has 0 fully saturated rings. The molecule has 0 aromatic rings. The van der Waals surface area contributed by atoms with Gasteiger partial charge in [0.05, 0.1) is 12.1 Å². The fourth-order valence-corrected chi connectivity index (χ4v) is 3.18. The number of rotatable bonds is 8. The summed E-state index contributed by atoms with van der Waals surface area (Å²) in [6.07, 6.45) is 8.49. The van der Waals surface area contributed by atoms with E-state index in [2.05, 4.69) is 24.5 Å². The van der Waals surface area contributed by atoms with Crippen molar-refractivity contribution in [2.45, 2.75) is 77.3 Å². The van der Waals surface area contributed by atoms with Crippen molar-refractivity contribution in [2.75, 3.05) is 0 Å². The summed E-state index contributed by atoms with van der Waals surface area (Å²) < 4.78 is 0. The smallest absolute Gasteiger partial charge is 0.250 e. The summed E-state index contributed by atoms with van der Waals surface area (Å²) in [5.41, 5.74) is 1.46. The lowest BCUT2D eigenvalue weighted by molar-refractivity contribution is -0.118. The highest BCUT2D eigenvalue weighted by molar-refractivity contribution is 6.13. The van der Waals surface area contributed by atoms with E-state index in [9.17, 15) is 9.59 Å². The lowest BCUT2D eigenvalue weighted by Gasteiger charge is -2.16. The fraction of sp³-hybridized carbons (Fsp3) is 0.750. The van der Waals surface area contributed by atoms with Gasteiger partial charge in [-0.1, -0.05) is 52.4 Å². The minimum atomic E-state index is -0.0553. The molecular formula is C16H26N2O2. The molecule has 2 rings (SSSR count). The van der Waals surface area contributed by atoms with Crippen molar-refractivity contribution in [1.82, 2.24) is 10.6 Å². The van der Waals surface area contributed by atoms with Gasteiger partial charge in [-0.25, -0.2) is 0 Å². The van der Waals surface area contributed by atoms with Crippen molar-refractivity contribution in [3.63, 3.8) is 0 Å². The third-order valence-electron chi connectivity index (χ3n) is 4.28. The van der Waals surface area contributed by atoms with Crippen LogP contribution in [0.1, 0.15) is 65.2 Å². The first-order valence-electron chi connectivity index (χ1n) is 8.04. The summed E-state index contributed by atoms with van der Waals surface area (Å²) in [5, 5.41) is 5.98. The molecule has 0 aliphatic carbocycles. The van der Waals surface area contributed by atoms with E-state index in [1.165, 1.54) is 0 Å². The molecular weight excluding hydrogens is 252 g/mol. The van der Waals surface area contributed by atoms with E-state index in [0.717, 1.165) is 62.5 Å². The quantitative estimate of drug-likeness (QED) is 0.670. The van der Waals surface area contributed by atoms with Crippen molar-refractivity contribution in [3.05, 3.63) is 11.1 Å². The number of amides is 2. The Kier molecular flexibility index (Phi) is 5.21. The molecule has 2 aliphatic rings. The Morgan fingerprint density at radius 3 is 1.50 bits per heavy atom. The topological polar surface area (TPSA) is 58.2 Å². The monoisotopic (exact) mass is 278 g/mol. The first-order chi connectivity index (χ1) is 9.69. The molecule has 2 unspecified atom stereocenters. The van der Waals surface area contributed by atoms with Crippen LogP contribution in [0.4, 0.5) is 0 Å². The van der Waals surface area contributed by atoms with Gasteiger partial charge in [-0.2, -0.15) is 0 Å². The Morgan fingerprint density at radius 1 is 0.750 bits per heavy atom. The standard InChI is InChI=1S/C16H26N2O2/c1-3-5-7-9-11-13-14(16(20)17-11)12(18-15(13)19)10-8-6-4-2/h11-12H,3-10H2,1-2H3,(H,17,20)(H,18,19). The third-order valence-corrected chi connectivity index (χ3v) is 4.28. The minimum Gasteiger partial charge on any atom is -0.345 e. The van der Waals surface area contributed by atoms with Crippen molar-refractivity contribution in [3.8, 4) is 0 Å². The zero-order valence-electron chi connectivity index (χ0n) is 12.6. The van der Waals surface area contributed by atoms with Crippen molar-refractivity contribution in [1.29, 1.82) is 0 Å². The molecule has 0 saturated heterocycles. The number of hydrogen-bond acceptors (Lipinski definition) is 2. The van der Waals surface area contributed by atoms with Crippen molar-refractivity contribution in [2.24, 2.45) is 0 Å². The van der Waals surface area contributed by atoms with Crippen LogP contribution in [0.5, 0.6) is 0 Å². The third kappa shape index (κ3) is 3.05. The Balaban J connectivity index is 2.02. The van der Waals surface area contributed by atoms with Gasteiger partial charge in [0.2, 0.25) is 11.8 Å². The van der Waals surface area contributed by atoms with E-state index < -0.39 is 0 Å². The van der Waals surface area contributed by atoms with Gasteiger partial charge < -0.3 is 10.6 Å². The zero-order valence-corrected chi connectivity index (χ0v) is 12.6. The second-order valence-electron chi connectivity index (χ2n) is 5.87. The van der Waals surface area contributed by atoms with E-state index in [0.29, 0.717) is 0 Å². The van der Waals surface area contributed by atoms with Gasteiger partial charge >= 0.3 is 0 Å². The molecule has 20 heavy (non-hydrogen) atoms. The van der Waals surface area contributed by atoms with Crippen molar-refractivity contribution < 1.29 is 9.59 Å². The van der Waals surface area contributed by atoms with Crippen LogP contribution in [0.2, 0.25) is 0 Å². The van der Waals surface area contributed by atoms with E-state index in [1.54, 1.807) is 0 Å². The van der Waals surface area contributed by atoms with Gasteiger partial charge in [0.15, 0.2) is 0 Å². The summed E-state index contributed by atoms with van der Waals surface area (Å²) >= 11 is 0. The van der Waals surface area contributed by atoms with E-state index in [-0.39, 0.29) is 23.9 Å². The van der Waals surface area contributed by atoms with E-state index in [4.69, 9.17) is 0 Å². The predicted octanol–water partition coefficient (Wildman–Crippen LogP) is 2.44. The lowest BCUT2D eigenvalue weighted by atomic mass is 9.97. The molecule has 2 aliphatic heterocycles. The molecule has 0 aromatic heterocycles. The molecule has 0 bridgehead atoms. The van der Waals surface area contributed by atoms with Gasteiger partial charge in [-0.15, -0.1) is 0 Å². The molecule has 2 heterocycles.